The summed E-state index contributed by atoms with van der Waals surface area (Å²) >= 11 is 0. The van der Waals surface area contributed by atoms with E-state index in [4.69, 9.17) is 0 Å². The molecule has 2 aromatic heterocycles. The molecule has 0 N–H and O–H groups in total. The maximum Gasteiger partial charge on any atom is 0.168 e. The van der Waals surface area contributed by atoms with Crippen LogP contribution in [0.15, 0.2) is 121 Å². The van der Waals surface area contributed by atoms with Gasteiger partial charge in [0.15, 0.2) is 11.6 Å². The summed E-state index contributed by atoms with van der Waals surface area (Å²) in [6, 6.07) is 43.5. The topological polar surface area (TPSA) is 35.6 Å². The van der Waals surface area contributed by atoms with Crippen LogP contribution in [0.4, 0.5) is 0 Å². The van der Waals surface area contributed by atoms with E-state index < -0.39 is 0 Å². The molecule has 0 aliphatic heterocycles. The van der Waals surface area contributed by atoms with E-state index in [1.807, 2.05) is 36.4 Å². The molecular formula is C40H38N4. The Morgan fingerprint density at radius 3 is 1.32 bits per heavy atom. The van der Waals surface area contributed by atoms with Gasteiger partial charge in [-0.15, -0.1) is 10.2 Å². The van der Waals surface area contributed by atoms with Crippen molar-refractivity contribution in [2.45, 2.75) is 52.4 Å². The largest absolute Gasteiger partial charge is 0.309 e. The monoisotopic (exact) mass is 574 g/mol. The molecule has 0 amide bonds. The second-order valence-corrected chi connectivity index (χ2v) is 11.9. The average Bonchev–Trinajstić information content (AvgIpc) is 3.68. The maximum absolute atomic E-state index is 4.66. The summed E-state index contributed by atoms with van der Waals surface area (Å²) in [6.07, 6.45) is 2.26. The van der Waals surface area contributed by atoms with Crippen molar-refractivity contribution in [3.05, 3.63) is 132 Å². The van der Waals surface area contributed by atoms with Crippen molar-refractivity contribution in [3.8, 4) is 34.2 Å². The van der Waals surface area contributed by atoms with Crippen LogP contribution in [0.5, 0.6) is 0 Å². The van der Waals surface area contributed by atoms with Gasteiger partial charge in [-0.25, -0.2) is 0 Å². The standard InChI is InChI=1S/C40H38N4/c1-5-27(3)31-17-23-37-35(25-31)36-26-32(28(4)6-2)18-24-38(36)43(37)33-19-21-34(22-20-33)44-39(29-13-9-7-10-14-29)41-42-40(44)30-15-11-8-12-16-30/h7-28H,5-6H2,1-4H3. The summed E-state index contributed by atoms with van der Waals surface area (Å²) in [7, 11) is 0. The van der Waals surface area contributed by atoms with Gasteiger partial charge in [0.05, 0.1) is 11.0 Å². The third kappa shape index (κ3) is 4.81. The van der Waals surface area contributed by atoms with Gasteiger partial charge in [-0.1, -0.05) is 100 Å². The Labute approximate surface area is 259 Å². The number of hydrogen-bond acceptors (Lipinski definition) is 2. The van der Waals surface area contributed by atoms with Gasteiger partial charge < -0.3 is 4.57 Å². The highest BCUT2D eigenvalue weighted by Crippen LogP contribution is 2.37. The normalized spacial score (nSPS) is 13.0. The molecule has 0 saturated heterocycles. The lowest BCUT2D eigenvalue weighted by molar-refractivity contribution is 0.734. The van der Waals surface area contributed by atoms with Crippen molar-refractivity contribution >= 4 is 21.8 Å². The number of rotatable bonds is 8. The van der Waals surface area contributed by atoms with Crippen LogP contribution in [0.3, 0.4) is 0 Å². The van der Waals surface area contributed by atoms with Crippen LogP contribution in [0.2, 0.25) is 0 Å². The summed E-state index contributed by atoms with van der Waals surface area (Å²) < 4.78 is 4.58. The highest BCUT2D eigenvalue weighted by molar-refractivity contribution is 6.09. The van der Waals surface area contributed by atoms with E-state index in [1.165, 1.54) is 32.9 Å². The van der Waals surface area contributed by atoms with Crippen LogP contribution < -0.4 is 0 Å². The molecule has 2 unspecified atom stereocenters. The Bertz CT molecular complexity index is 1930. The third-order valence-corrected chi connectivity index (χ3v) is 9.27. The minimum atomic E-state index is 0.524. The number of hydrogen-bond donors (Lipinski definition) is 0. The van der Waals surface area contributed by atoms with E-state index in [-0.39, 0.29) is 0 Å². The molecule has 0 radical (unpaired) electrons. The lowest BCUT2D eigenvalue weighted by Crippen LogP contribution is -2.01. The van der Waals surface area contributed by atoms with Crippen molar-refractivity contribution in [2.75, 3.05) is 0 Å². The van der Waals surface area contributed by atoms with Gasteiger partial charge in [0.25, 0.3) is 0 Å². The van der Waals surface area contributed by atoms with Crippen LogP contribution in [-0.2, 0) is 0 Å². The molecule has 0 bridgehead atoms. The Morgan fingerprint density at radius 2 is 0.909 bits per heavy atom. The molecule has 2 atom stereocenters. The van der Waals surface area contributed by atoms with Crippen molar-refractivity contribution in [2.24, 2.45) is 0 Å². The van der Waals surface area contributed by atoms with Gasteiger partial charge in [0, 0.05) is 33.3 Å². The van der Waals surface area contributed by atoms with Crippen molar-refractivity contribution < 1.29 is 0 Å². The van der Waals surface area contributed by atoms with Crippen LogP contribution in [0, 0.1) is 0 Å². The number of fused-ring (bicyclic) bond motifs is 3. The smallest absolute Gasteiger partial charge is 0.168 e. The molecule has 4 nitrogen and oxygen atoms in total. The quantitative estimate of drug-likeness (QED) is 0.181. The van der Waals surface area contributed by atoms with Crippen LogP contribution >= 0.6 is 0 Å². The maximum atomic E-state index is 4.66. The zero-order chi connectivity index (χ0) is 30.2. The van der Waals surface area contributed by atoms with Crippen LogP contribution in [-0.4, -0.2) is 19.3 Å². The molecule has 218 valence electrons. The Hall–Kier alpha value is -4.96. The van der Waals surface area contributed by atoms with E-state index in [1.54, 1.807) is 0 Å². The van der Waals surface area contributed by atoms with Crippen molar-refractivity contribution in [3.63, 3.8) is 0 Å². The first-order chi connectivity index (χ1) is 21.6. The van der Waals surface area contributed by atoms with E-state index in [9.17, 15) is 0 Å². The van der Waals surface area contributed by atoms with Crippen molar-refractivity contribution in [1.29, 1.82) is 0 Å². The highest BCUT2D eigenvalue weighted by Gasteiger charge is 2.19. The van der Waals surface area contributed by atoms with Gasteiger partial charge in [-0.05, 0) is 84.3 Å². The second kappa shape index (κ2) is 11.6. The highest BCUT2D eigenvalue weighted by atomic mass is 15.3. The first-order valence-corrected chi connectivity index (χ1v) is 15.8. The molecular weight excluding hydrogens is 536 g/mol. The van der Waals surface area contributed by atoms with Gasteiger partial charge in [-0.3, -0.25) is 4.57 Å². The van der Waals surface area contributed by atoms with E-state index >= 15 is 0 Å². The van der Waals surface area contributed by atoms with Gasteiger partial charge in [0.2, 0.25) is 0 Å². The minimum Gasteiger partial charge on any atom is -0.309 e. The molecule has 7 rings (SSSR count). The van der Waals surface area contributed by atoms with Gasteiger partial charge in [0.1, 0.15) is 0 Å². The summed E-state index contributed by atoms with van der Waals surface area (Å²) in [6.45, 7) is 9.18. The number of nitrogens with zero attached hydrogens (tertiary/aromatic N) is 4. The Kier molecular flexibility index (Phi) is 7.35. The molecule has 0 spiro atoms. The predicted molar refractivity (Wildman–Crippen MR) is 184 cm³/mol. The summed E-state index contributed by atoms with van der Waals surface area (Å²) in [4.78, 5) is 0. The minimum absolute atomic E-state index is 0.524. The fraction of sp³-hybridized carbons (Fsp3) is 0.200. The molecule has 0 fully saturated rings. The van der Waals surface area contributed by atoms with Gasteiger partial charge in [-0.2, -0.15) is 0 Å². The fourth-order valence-electron chi connectivity index (χ4n) is 6.25. The molecule has 7 aromatic rings. The van der Waals surface area contributed by atoms with Gasteiger partial charge >= 0.3 is 0 Å². The molecule has 0 aliphatic rings. The first kappa shape index (κ1) is 27.8. The molecule has 4 heteroatoms. The first-order valence-electron chi connectivity index (χ1n) is 15.8. The van der Waals surface area contributed by atoms with Crippen LogP contribution in [0.25, 0.3) is 56.0 Å². The molecule has 2 heterocycles. The summed E-state index contributed by atoms with van der Waals surface area (Å²) in [5.74, 6) is 2.70. The average molecular weight is 575 g/mol. The third-order valence-electron chi connectivity index (χ3n) is 9.27. The zero-order valence-electron chi connectivity index (χ0n) is 25.9. The second-order valence-electron chi connectivity index (χ2n) is 11.9. The summed E-state index contributed by atoms with van der Waals surface area (Å²) in [5, 5.41) is 12.0. The van der Waals surface area contributed by atoms with Crippen LogP contribution in [0.1, 0.15) is 63.5 Å². The Balaban J connectivity index is 1.40. The Morgan fingerprint density at radius 1 is 0.500 bits per heavy atom. The number of benzene rings is 5. The predicted octanol–water partition coefficient (Wildman–Crippen LogP) is 10.7. The SMILES string of the molecule is CCC(C)c1ccc2c(c1)c1cc(C(C)CC)ccc1n2-c1ccc(-n2c(-c3ccccc3)nnc2-c2ccccc2)cc1. The lowest BCUT2D eigenvalue weighted by Gasteiger charge is -2.14. The van der Waals surface area contributed by atoms with E-state index in [2.05, 4.69) is 132 Å². The van der Waals surface area contributed by atoms with Crippen molar-refractivity contribution in [1.82, 2.24) is 19.3 Å². The lowest BCUT2D eigenvalue weighted by atomic mass is 9.95. The summed E-state index contributed by atoms with van der Waals surface area (Å²) in [5.41, 5.74) is 9.49. The molecule has 44 heavy (non-hydrogen) atoms. The number of aromatic nitrogens is 4. The zero-order valence-corrected chi connectivity index (χ0v) is 25.9. The van der Waals surface area contributed by atoms with E-state index in [0.29, 0.717) is 11.8 Å². The molecule has 0 saturated carbocycles. The molecule has 5 aromatic carbocycles. The fourth-order valence-corrected chi connectivity index (χ4v) is 6.25. The molecule has 0 aliphatic carbocycles. The van der Waals surface area contributed by atoms with E-state index in [0.717, 1.165) is 47.0 Å².